The fourth-order valence-electron chi connectivity index (χ4n) is 5.75. The Morgan fingerprint density at radius 2 is 1.85 bits per heavy atom. The zero-order valence-corrected chi connectivity index (χ0v) is 12.6. The zero-order valence-electron chi connectivity index (χ0n) is 12.6. The predicted octanol–water partition coefficient (Wildman–Crippen LogP) is 3.06. The molecule has 0 amide bonds. The summed E-state index contributed by atoms with van der Waals surface area (Å²) in [4.78, 5) is 7.95. The van der Waals surface area contributed by atoms with Gasteiger partial charge in [-0.3, -0.25) is 0 Å². The van der Waals surface area contributed by atoms with Crippen molar-refractivity contribution in [1.82, 2.24) is 9.97 Å². The van der Waals surface area contributed by atoms with Gasteiger partial charge in [-0.2, -0.15) is 0 Å². The molecule has 4 aliphatic carbocycles. The molecule has 4 saturated carbocycles. The lowest BCUT2D eigenvalue weighted by molar-refractivity contribution is -0.0670. The molecule has 1 heterocycles. The molecule has 4 bridgehead atoms. The van der Waals surface area contributed by atoms with Crippen molar-refractivity contribution in [2.24, 2.45) is 28.9 Å². The molecule has 4 aliphatic rings. The highest BCUT2D eigenvalue weighted by Gasteiger charge is 2.53. The summed E-state index contributed by atoms with van der Waals surface area (Å²) >= 11 is 0. The monoisotopic (exact) mass is 273 g/mol. The third-order valence-corrected chi connectivity index (χ3v) is 6.35. The lowest BCUT2D eigenvalue weighted by Gasteiger charge is -2.59. The van der Waals surface area contributed by atoms with Crippen LogP contribution < -0.4 is 5.73 Å². The van der Waals surface area contributed by atoms with Gasteiger partial charge in [0.15, 0.2) is 0 Å². The van der Waals surface area contributed by atoms with Crippen LogP contribution in [0.4, 0.5) is 0 Å². The quantitative estimate of drug-likeness (QED) is 0.886. The molecule has 1 aromatic rings. The van der Waals surface area contributed by atoms with Crippen LogP contribution in [0, 0.1) is 23.2 Å². The predicted molar refractivity (Wildman–Crippen MR) is 80.3 cm³/mol. The first-order chi connectivity index (χ1) is 9.67. The van der Waals surface area contributed by atoms with E-state index >= 15 is 0 Å². The van der Waals surface area contributed by atoms with Gasteiger partial charge in [-0.1, -0.05) is 6.92 Å². The van der Waals surface area contributed by atoms with Crippen LogP contribution >= 0.6 is 0 Å². The summed E-state index contributed by atoms with van der Waals surface area (Å²) < 4.78 is 0. The Balaban J connectivity index is 1.51. The van der Waals surface area contributed by atoms with Crippen LogP contribution in [0.3, 0.4) is 0 Å². The Kier molecular flexibility index (Phi) is 2.95. The van der Waals surface area contributed by atoms with Gasteiger partial charge in [0.25, 0.3) is 0 Å². The molecule has 110 valence electrons. The number of imidazole rings is 1. The van der Waals surface area contributed by atoms with Crippen molar-refractivity contribution >= 4 is 0 Å². The normalized spacial score (nSPS) is 40.2. The van der Waals surface area contributed by atoms with Crippen molar-refractivity contribution in [3.8, 4) is 0 Å². The minimum atomic E-state index is 0.298. The fourth-order valence-corrected chi connectivity index (χ4v) is 5.75. The highest BCUT2D eigenvalue weighted by Crippen LogP contribution is 2.61. The summed E-state index contributed by atoms with van der Waals surface area (Å²) in [6, 6.07) is 0.298. The largest absolute Gasteiger partial charge is 0.346 e. The number of nitrogens with two attached hydrogens (primary N) is 1. The standard InChI is InChI=1S/C17H27N3/c1-2-14-10-19-16(20-14)6-15(18)17-7-11-3-12(8-17)5-13(4-11)9-17/h10-13,15H,2-9,18H2,1H3,(H,19,20). The summed E-state index contributed by atoms with van der Waals surface area (Å²) in [5.41, 5.74) is 8.37. The van der Waals surface area contributed by atoms with E-state index in [-0.39, 0.29) is 0 Å². The van der Waals surface area contributed by atoms with Gasteiger partial charge >= 0.3 is 0 Å². The van der Waals surface area contributed by atoms with Gasteiger partial charge in [0.2, 0.25) is 0 Å². The molecule has 20 heavy (non-hydrogen) atoms. The van der Waals surface area contributed by atoms with E-state index in [4.69, 9.17) is 5.73 Å². The van der Waals surface area contributed by atoms with E-state index in [1.807, 2.05) is 6.20 Å². The number of rotatable bonds is 4. The number of aryl methyl sites for hydroxylation is 1. The molecule has 0 aliphatic heterocycles. The number of hydrogen-bond acceptors (Lipinski definition) is 2. The first-order valence-corrected chi connectivity index (χ1v) is 8.45. The third-order valence-electron chi connectivity index (χ3n) is 6.35. The van der Waals surface area contributed by atoms with E-state index in [0.29, 0.717) is 11.5 Å². The van der Waals surface area contributed by atoms with Crippen LogP contribution in [0.2, 0.25) is 0 Å². The van der Waals surface area contributed by atoms with Crippen molar-refractivity contribution < 1.29 is 0 Å². The maximum Gasteiger partial charge on any atom is 0.107 e. The van der Waals surface area contributed by atoms with Crippen LogP contribution in [0.5, 0.6) is 0 Å². The number of aromatic amines is 1. The van der Waals surface area contributed by atoms with Crippen LogP contribution in [-0.4, -0.2) is 16.0 Å². The summed E-state index contributed by atoms with van der Waals surface area (Å²) in [5, 5.41) is 0. The van der Waals surface area contributed by atoms with Crippen molar-refractivity contribution in [3.05, 3.63) is 17.7 Å². The van der Waals surface area contributed by atoms with Crippen molar-refractivity contribution in [1.29, 1.82) is 0 Å². The molecule has 1 unspecified atom stereocenters. The van der Waals surface area contributed by atoms with Crippen molar-refractivity contribution in [3.63, 3.8) is 0 Å². The minimum absolute atomic E-state index is 0.298. The second-order valence-electron chi connectivity index (χ2n) is 7.80. The van der Waals surface area contributed by atoms with Gasteiger partial charge in [-0.15, -0.1) is 0 Å². The van der Waals surface area contributed by atoms with Gasteiger partial charge in [0.1, 0.15) is 5.82 Å². The second-order valence-corrected chi connectivity index (χ2v) is 7.80. The van der Waals surface area contributed by atoms with Crippen molar-refractivity contribution in [2.45, 2.75) is 64.3 Å². The molecule has 0 saturated heterocycles. The number of nitrogens with one attached hydrogen (secondary N) is 1. The lowest BCUT2D eigenvalue weighted by atomic mass is 9.47. The van der Waals surface area contributed by atoms with Crippen LogP contribution in [0.25, 0.3) is 0 Å². The zero-order chi connectivity index (χ0) is 13.7. The molecule has 4 fully saturated rings. The number of hydrogen-bond donors (Lipinski definition) is 2. The van der Waals surface area contributed by atoms with Gasteiger partial charge in [-0.25, -0.2) is 4.98 Å². The highest BCUT2D eigenvalue weighted by atomic mass is 14.9. The average Bonchev–Trinajstić information content (AvgIpc) is 2.85. The van der Waals surface area contributed by atoms with E-state index in [9.17, 15) is 0 Å². The fraction of sp³-hybridized carbons (Fsp3) is 0.824. The molecule has 3 heteroatoms. The molecule has 3 N–H and O–H groups in total. The van der Waals surface area contributed by atoms with E-state index < -0.39 is 0 Å². The minimum Gasteiger partial charge on any atom is -0.346 e. The lowest BCUT2D eigenvalue weighted by Crippen LogP contribution is -2.55. The van der Waals surface area contributed by atoms with Crippen molar-refractivity contribution in [2.75, 3.05) is 0 Å². The number of nitrogens with zero attached hydrogens (tertiary/aromatic N) is 1. The molecular weight excluding hydrogens is 246 g/mol. The van der Waals surface area contributed by atoms with Gasteiger partial charge in [-0.05, 0) is 68.1 Å². The molecular formula is C17H27N3. The van der Waals surface area contributed by atoms with Crippen LogP contribution in [0.15, 0.2) is 6.20 Å². The Labute approximate surface area is 121 Å². The third kappa shape index (κ3) is 2.02. The first kappa shape index (κ1) is 12.9. The molecule has 0 radical (unpaired) electrons. The molecule has 0 spiro atoms. The number of H-pyrrole nitrogens is 1. The van der Waals surface area contributed by atoms with E-state index in [1.54, 1.807) is 0 Å². The molecule has 1 atom stereocenters. The van der Waals surface area contributed by atoms with Gasteiger partial charge < -0.3 is 10.7 Å². The Hall–Kier alpha value is -0.830. The summed E-state index contributed by atoms with van der Waals surface area (Å²) in [6.07, 6.45) is 12.6. The van der Waals surface area contributed by atoms with E-state index in [2.05, 4.69) is 16.9 Å². The van der Waals surface area contributed by atoms with Crippen LogP contribution in [0.1, 0.15) is 57.0 Å². The average molecular weight is 273 g/mol. The Morgan fingerprint density at radius 3 is 2.35 bits per heavy atom. The maximum absolute atomic E-state index is 6.70. The van der Waals surface area contributed by atoms with Gasteiger partial charge in [0, 0.05) is 24.4 Å². The molecule has 0 aromatic carbocycles. The molecule has 5 rings (SSSR count). The summed E-state index contributed by atoms with van der Waals surface area (Å²) in [7, 11) is 0. The topological polar surface area (TPSA) is 54.7 Å². The smallest absolute Gasteiger partial charge is 0.107 e. The first-order valence-electron chi connectivity index (χ1n) is 8.45. The van der Waals surface area contributed by atoms with E-state index in [1.165, 1.54) is 44.2 Å². The van der Waals surface area contributed by atoms with Crippen LogP contribution in [-0.2, 0) is 12.8 Å². The van der Waals surface area contributed by atoms with Gasteiger partial charge in [0.05, 0.1) is 0 Å². The van der Waals surface area contributed by atoms with E-state index in [0.717, 1.165) is 36.4 Å². The second kappa shape index (κ2) is 4.59. The Morgan fingerprint density at radius 1 is 1.25 bits per heavy atom. The highest BCUT2D eigenvalue weighted by molar-refractivity contribution is 5.09. The summed E-state index contributed by atoms with van der Waals surface area (Å²) in [6.45, 7) is 2.16. The summed E-state index contributed by atoms with van der Waals surface area (Å²) in [5.74, 6) is 4.05. The SMILES string of the molecule is CCc1cnc(CC(N)C23CC4CC(CC(C4)C2)C3)[nH]1. The molecule has 3 nitrogen and oxygen atoms in total. The Bertz CT molecular complexity index is 455. The maximum atomic E-state index is 6.70. The molecule has 1 aromatic heterocycles. The number of aromatic nitrogens is 2.